The van der Waals surface area contributed by atoms with E-state index in [9.17, 15) is 0 Å². The van der Waals surface area contributed by atoms with Gasteiger partial charge in [0.1, 0.15) is 5.75 Å². The maximum atomic E-state index is 8.63. The van der Waals surface area contributed by atoms with Crippen molar-refractivity contribution in [1.29, 1.82) is 0 Å². The first-order valence-corrected chi connectivity index (χ1v) is 13.1. The molecule has 0 heterocycles. The van der Waals surface area contributed by atoms with Gasteiger partial charge in [-0.3, -0.25) is 0 Å². The lowest BCUT2D eigenvalue weighted by Crippen LogP contribution is -1.95. The second-order valence-electron chi connectivity index (χ2n) is 8.85. The third-order valence-corrected chi connectivity index (χ3v) is 5.97. The van der Waals surface area contributed by atoms with Gasteiger partial charge < -0.3 is 5.11 Å². The highest BCUT2D eigenvalue weighted by molar-refractivity contribution is 5.27. The number of aromatic hydroxyl groups is 1. The smallest absolute Gasteiger partial charge is 0.115 e. The van der Waals surface area contributed by atoms with Crippen molar-refractivity contribution in [2.24, 2.45) is 0 Å². The minimum Gasteiger partial charge on any atom is -0.508 e. The lowest BCUT2D eigenvalue weighted by molar-refractivity contribution is 0.475. The summed E-state index contributed by atoms with van der Waals surface area (Å²) in [7, 11) is 0. The van der Waals surface area contributed by atoms with E-state index in [4.69, 9.17) is 5.11 Å². The van der Waals surface area contributed by atoms with Crippen LogP contribution in [-0.2, 0) is 12.8 Å². The molecule has 0 fully saturated rings. The van der Waals surface area contributed by atoms with E-state index in [1.165, 1.54) is 103 Å². The van der Waals surface area contributed by atoms with Crippen molar-refractivity contribution in [2.75, 3.05) is 0 Å². The van der Waals surface area contributed by atoms with Crippen LogP contribution in [0.5, 0.6) is 5.75 Å². The quantitative estimate of drug-likeness (QED) is 0.266. The maximum Gasteiger partial charge on any atom is 0.115 e. The number of hydrogen-bond acceptors (Lipinski definition) is 1. The molecule has 2 aromatic carbocycles. The third kappa shape index (κ3) is 15.7. The molecule has 1 nitrogen and oxygen atoms in total. The van der Waals surface area contributed by atoms with Gasteiger partial charge in [-0.2, -0.15) is 0 Å². The molecule has 0 aromatic heterocycles. The van der Waals surface area contributed by atoms with Gasteiger partial charge in [0.25, 0.3) is 0 Å². The molecule has 0 spiro atoms. The Hall–Kier alpha value is -1.76. The van der Waals surface area contributed by atoms with E-state index in [0.717, 1.165) is 0 Å². The summed E-state index contributed by atoms with van der Waals surface area (Å²) >= 11 is 0. The van der Waals surface area contributed by atoms with Crippen molar-refractivity contribution < 1.29 is 5.11 Å². The van der Waals surface area contributed by atoms with Crippen LogP contribution in [0.3, 0.4) is 0 Å². The van der Waals surface area contributed by atoms with E-state index in [2.05, 4.69) is 38.1 Å². The highest BCUT2D eigenvalue weighted by Gasteiger charge is 2.02. The second-order valence-corrected chi connectivity index (χ2v) is 8.85. The number of rotatable bonds is 16. The predicted octanol–water partition coefficient (Wildman–Crippen LogP) is 9.66. The topological polar surface area (TPSA) is 20.2 Å². The Morgan fingerprint density at radius 3 is 1.16 bits per heavy atom. The van der Waals surface area contributed by atoms with Crippen LogP contribution >= 0.6 is 0 Å². The van der Waals surface area contributed by atoms with Crippen LogP contribution in [0.15, 0.2) is 54.6 Å². The molecule has 31 heavy (non-hydrogen) atoms. The van der Waals surface area contributed by atoms with Crippen molar-refractivity contribution in [3.05, 3.63) is 65.7 Å². The van der Waals surface area contributed by atoms with Crippen LogP contribution in [0.25, 0.3) is 0 Å². The van der Waals surface area contributed by atoms with Gasteiger partial charge in [0.15, 0.2) is 0 Å². The van der Waals surface area contributed by atoms with Crippen LogP contribution in [0.1, 0.15) is 115 Å². The first-order valence-electron chi connectivity index (χ1n) is 13.1. The molecule has 2 aromatic rings. The Balaban J connectivity index is 0.000000577. The van der Waals surface area contributed by atoms with E-state index in [-0.39, 0.29) is 0 Å². The van der Waals surface area contributed by atoms with E-state index < -0.39 is 0 Å². The van der Waals surface area contributed by atoms with Crippen LogP contribution in [0, 0.1) is 0 Å². The number of phenols is 1. The summed E-state index contributed by atoms with van der Waals surface area (Å²) in [4.78, 5) is 0. The lowest BCUT2D eigenvalue weighted by atomic mass is 9.96. The summed E-state index contributed by atoms with van der Waals surface area (Å²) in [6.07, 6.45) is 22.3. The molecule has 1 heteroatoms. The minimum absolute atomic E-state index is 0.322. The second kappa shape index (κ2) is 20.2. The average Bonchev–Trinajstić information content (AvgIpc) is 2.79. The molecule has 174 valence electrons. The van der Waals surface area contributed by atoms with Crippen molar-refractivity contribution in [3.63, 3.8) is 0 Å². The summed E-state index contributed by atoms with van der Waals surface area (Å²) in [5.41, 5.74) is 3.24. The number of para-hydroxylation sites is 1. The van der Waals surface area contributed by atoms with Crippen LogP contribution in [0.4, 0.5) is 0 Å². The molecule has 0 saturated carbocycles. The highest BCUT2D eigenvalue weighted by Crippen LogP contribution is 2.17. The Kier molecular flexibility index (Phi) is 17.7. The van der Waals surface area contributed by atoms with Gasteiger partial charge in [-0.15, -0.1) is 0 Å². The molecule has 0 atom stereocenters. The Bertz CT molecular complexity index is 582. The van der Waals surface area contributed by atoms with Gasteiger partial charge in [-0.1, -0.05) is 133 Å². The summed E-state index contributed by atoms with van der Waals surface area (Å²) in [6.45, 7) is 4.59. The minimum atomic E-state index is 0.322. The third-order valence-electron chi connectivity index (χ3n) is 5.97. The predicted molar refractivity (Wildman–Crippen MR) is 138 cm³/mol. The molecular weight excluding hydrogens is 376 g/mol. The fraction of sp³-hybridized carbons (Fsp3) is 0.600. The number of benzene rings is 2. The number of phenolic OH excluding ortho intramolecular Hbond substituents is 1. The fourth-order valence-electron chi connectivity index (χ4n) is 4.02. The molecule has 2 rings (SSSR count). The van der Waals surface area contributed by atoms with E-state index in [0.29, 0.717) is 5.75 Å². The summed E-state index contributed by atoms with van der Waals surface area (Å²) < 4.78 is 0. The van der Waals surface area contributed by atoms with E-state index in [1.54, 1.807) is 35.4 Å². The van der Waals surface area contributed by atoms with Crippen LogP contribution in [-0.4, -0.2) is 5.11 Å². The SMILES string of the molecule is CCCCCCCCCc1ccccc1CCCCCCCCC.Oc1ccccc1. The number of aryl methyl sites for hydroxylation is 2. The van der Waals surface area contributed by atoms with Gasteiger partial charge in [-0.25, -0.2) is 0 Å². The summed E-state index contributed by atoms with van der Waals surface area (Å²) in [5.74, 6) is 0.322. The molecule has 1 N–H and O–H groups in total. The zero-order chi connectivity index (χ0) is 22.4. The highest BCUT2D eigenvalue weighted by atomic mass is 16.3. The van der Waals surface area contributed by atoms with Crippen LogP contribution < -0.4 is 0 Å². The van der Waals surface area contributed by atoms with Crippen molar-refractivity contribution in [1.82, 2.24) is 0 Å². The van der Waals surface area contributed by atoms with Crippen molar-refractivity contribution in [3.8, 4) is 5.75 Å². The van der Waals surface area contributed by atoms with Crippen LogP contribution in [0.2, 0.25) is 0 Å². The first kappa shape index (κ1) is 27.3. The zero-order valence-corrected chi connectivity index (χ0v) is 20.5. The Morgan fingerprint density at radius 1 is 0.452 bits per heavy atom. The molecule has 0 unspecified atom stereocenters. The molecule has 0 aliphatic rings. The van der Waals surface area contributed by atoms with Gasteiger partial charge in [0, 0.05) is 0 Å². The van der Waals surface area contributed by atoms with Crippen molar-refractivity contribution >= 4 is 0 Å². The van der Waals surface area contributed by atoms with Crippen molar-refractivity contribution in [2.45, 2.75) is 117 Å². The van der Waals surface area contributed by atoms with E-state index >= 15 is 0 Å². The molecule has 0 radical (unpaired) electrons. The molecule has 0 aliphatic carbocycles. The monoisotopic (exact) mass is 424 g/mol. The standard InChI is InChI=1S/C24H42.C6H6O/c1-3-5-7-9-11-13-15-19-23-21-17-18-22-24(23)20-16-14-12-10-8-6-4-2;7-6-4-2-1-3-5-6/h17-18,21-22H,3-16,19-20H2,1-2H3;1-5,7H. The molecular formula is C30H48O. The molecule has 0 aliphatic heterocycles. The average molecular weight is 425 g/mol. The zero-order valence-electron chi connectivity index (χ0n) is 20.5. The largest absolute Gasteiger partial charge is 0.508 e. The maximum absolute atomic E-state index is 8.63. The van der Waals surface area contributed by atoms with Gasteiger partial charge in [0.05, 0.1) is 0 Å². The molecule has 0 bridgehead atoms. The van der Waals surface area contributed by atoms with Gasteiger partial charge >= 0.3 is 0 Å². The molecule has 0 saturated heterocycles. The van der Waals surface area contributed by atoms with Gasteiger partial charge in [-0.05, 0) is 48.9 Å². The molecule has 0 amide bonds. The Morgan fingerprint density at radius 2 is 0.806 bits per heavy atom. The number of hydrogen-bond donors (Lipinski definition) is 1. The van der Waals surface area contributed by atoms with E-state index in [1.807, 2.05) is 6.07 Å². The lowest BCUT2D eigenvalue weighted by Gasteiger charge is -2.10. The Labute approximate surface area is 193 Å². The fourth-order valence-corrected chi connectivity index (χ4v) is 4.02. The number of unbranched alkanes of at least 4 members (excludes halogenated alkanes) is 12. The normalized spacial score (nSPS) is 10.5. The summed E-state index contributed by atoms with van der Waals surface area (Å²) in [5, 5.41) is 8.63. The van der Waals surface area contributed by atoms with Gasteiger partial charge in [0.2, 0.25) is 0 Å². The first-order chi connectivity index (χ1) is 15.3. The summed E-state index contributed by atoms with van der Waals surface area (Å²) in [6, 6.07) is 17.9.